The Morgan fingerprint density at radius 2 is 1.03 bits per heavy atom. The molecule has 0 amide bonds. The molecule has 0 aliphatic carbocycles. The lowest BCUT2D eigenvalue weighted by molar-refractivity contribution is 0.0497. The van der Waals surface area contributed by atoms with Crippen molar-refractivity contribution in [1.82, 2.24) is 0 Å². The number of hydrogen-bond acceptors (Lipinski definition) is 3. The lowest BCUT2D eigenvalue weighted by Gasteiger charge is -2.06. The van der Waals surface area contributed by atoms with Crippen molar-refractivity contribution in [3.63, 3.8) is 0 Å². The molecule has 1 rings (SSSR count). The minimum atomic E-state index is -1.04. The van der Waals surface area contributed by atoms with Crippen LogP contribution in [0, 0.1) is 0 Å². The third kappa shape index (κ3) is 16.4. The highest BCUT2D eigenvalue weighted by molar-refractivity contribution is 5.94. The average molecular weight is 461 g/mol. The molecule has 4 heteroatoms. The zero-order valence-corrected chi connectivity index (χ0v) is 21.1. The summed E-state index contributed by atoms with van der Waals surface area (Å²) in [4.78, 5) is 23.0. The first-order valence-electron chi connectivity index (χ1n) is 13.7. The molecule has 0 radical (unpaired) electrons. The van der Waals surface area contributed by atoms with Crippen LogP contribution in [0.1, 0.15) is 150 Å². The van der Waals surface area contributed by atoms with Crippen LogP contribution in [0.5, 0.6) is 0 Å². The zero-order valence-electron chi connectivity index (χ0n) is 21.1. The molecule has 188 valence electrons. The Bertz CT molecular complexity index is 626. The van der Waals surface area contributed by atoms with Crippen LogP contribution in [0.2, 0.25) is 0 Å². The number of aromatic carboxylic acids is 1. The smallest absolute Gasteiger partial charge is 0.338 e. The summed E-state index contributed by atoms with van der Waals surface area (Å²) in [5.41, 5.74) is 0.403. The van der Waals surface area contributed by atoms with E-state index in [1.807, 2.05) is 0 Å². The van der Waals surface area contributed by atoms with Gasteiger partial charge in [-0.25, -0.2) is 9.59 Å². The summed E-state index contributed by atoms with van der Waals surface area (Å²) in [7, 11) is 0. The maximum absolute atomic E-state index is 12.0. The standard InChI is InChI=1S/C29H48O4/c1-2-3-4-5-6-7-8-9-10-11-12-13-14-15-16-17-18-19-20-24-33-29(32)27-23-21-22-26(25-27)28(30)31/h21-23,25H,2-20,24H2,1H3,(H,30,31). The van der Waals surface area contributed by atoms with Gasteiger partial charge in [0.25, 0.3) is 0 Å². The molecule has 0 bridgehead atoms. The first-order chi connectivity index (χ1) is 16.1. The van der Waals surface area contributed by atoms with E-state index in [-0.39, 0.29) is 5.56 Å². The van der Waals surface area contributed by atoms with Gasteiger partial charge in [0.2, 0.25) is 0 Å². The SMILES string of the molecule is CCCCCCCCCCCCCCCCCCCCCOC(=O)c1cccc(C(=O)O)c1. The Hall–Kier alpha value is -1.84. The summed E-state index contributed by atoms with van der Waals surface area (Å²) < 4.78 is 5.26. The van der Waals surface area contributed by atoms with Crippen LogP contribution < -0.4 is 0 Å². The van der Waals surface area contributed by atoms with E-state index in [1.54, 1.807) is 12.1 Å². The molecule has 0 fully saturated rings. The fourth-order valence-electron chi connectivity index (χ4n) is 4.21. The Labute approximate surface area is 202 Å². The number of esters is 1. The third-order valence-corrected chi connectivity index (χ3v) is 6.33. The predicted octanol–water partition coefficient (Wildman–Crippen LogP) is 8.97. The number of carbonyl (C=O) groups is 2. The van der Waals surface area contributed by atoms with Crippen LogP contribution in [0.25, 0.3) is 0 Å². The molecule has 0 aliphatic rings. The Kier molecular flexibility index (Phi) is 18.4. The summed E-state index contributed by atoms with van der Waals surface area (Å²) in [5, 5.41) is 8.99. The molecule has 0 unspecified atom stereocenters. The van der Waals surface area contributed by atoms with Gasteiger partial charge < -0.3 is 9.84 Å². The van der Waals surface area contributed by atoms with E-state index in [0.717, 1.165) is 12.8 Å². The van der Waals surface area contributed by atoms with Gasteiger partial charge in [-0.05, 0) is 24.6 Å². The number of hydrogen-bond donors (Lipinski definition) is 1. The van der Waals surface area contributed by atoms with E-state index in [4.69, 9.17) is 9.84 Å². The molecule has 1 aromatic rings. The van der Waals surface area contributed by atoms with Gasteiger partial charge in [-0.1, -0.05) is 129 Å². The van der Waals surface area contributed by atoms with E-state index in [1.165, 1.54) is 121 Å². The molecule has 0 saturated carbocycles. The highest BCUT2D eigenvalue weighted by Crippen LogP contribution is 2.15. The van der Waals surface area contributed by atoms with E-state index in [2.05, 4.69) is 6.92 Å². The van der Waals surface area contributed by atoms with Crippen LogP contribution in [-0.4, -0.2) is 23.7 Å². The number of rotatable bonds is 22. The van der Waals surface area contributed by atoms with Crippen LogP contribution in [0.4, 0.5) is 0 Å². The maximum Gasteiger partial charge on any atom is 0.338 e. The molecule has 33 heavy (non-hydrogen) atoms. The van der Waals surface area contributed by atoms with E-state index >= 15 is 0 Å². The Morgan fingerprint density at radius 3 is 1.45 bits per heavy atom. The van der Waals surface area contributed by atoms with E-state index < -0.39 is 11.9 Å². The van der Waals surface area contributed by atoms with Gasteiger partial charge in [-0.2, -0.15) is 0 Å². The fraction of sp³-hybridized carbons (Fsp3) is 0.724. The summed E-state index contributed by atoms with van der Waals surface area (Å²) >= 11 is 0. The second-order valence-corrected chi connectivity index (χ2v) is 9.39. The van der Waals surface area contributed by atoms with Crippen molar-refractivity contribution >= 4 is 11.9 Å². The highest BCUT2D eigenvalue weighted by atomic mass is 16.5. The van der Waals surface area contributed by atoms with Crippen molar-refractivity contribution in [3.05, 3.63) is 35.4 Å². The zero-order chi connectivity index (χ0) is 24.0. The second-order valence-electron chi connectivity index (χ2n) is 9.39. The monoisotopic (exact) mass is 460 g/mol. The largest absolute Gasteiger partial charge is 0.478 e. The van der Waals surface area contributed by atoms with Crippen molar-refractivity contribution < 1.29 is 19.4 Å². The minimum Gasteiger partial charge on any atom is -0.478 e. The molecule has 0 heterocycles. The van der Waals surface area contributed by atoms with Crippen molar-refractivity contribution in [2.45, 2.75) is 129 Å². The average Bonchev–Trinajstić information content (AvgIpc) is 2.82. The van der Waals surface area contributed by atoms with Gasteiger partial charge in [-0.3, -0.25) is 0 Å². The number of ether oxygens (including phenoxy) is 1. The first-order valence-corrected chi connectivity index (χ1v) is 13.7. The number of benzene rings is 1. The fourth-order valence-corrected chi connectivity index (χ4v) is 4.21. The van der Waals surface area contributed by atoms with Crippen molar-refractivity contribution in [1.29, 1.82) is 0 Å². The lowest BCUT2D eigenvalue weighted by Crippen LogP contribution is -2.08. The molecule has 0 spiro atoms. The summed E-state index contributed by atoms with van der Waals surface area (Å²) in [6, 6.07) is 5.99. The summed E-state index contributed by atoms with van der Waals surface area (Å²) in [5.74, 6) is -1.48. The normalized spacial score (nSPS) is 10.9. The van der Waals surface area contributed by atoms with Gasteiger partial charge in [-0.15, -0.1) is 0 Å². The number of carbonyl (C=O) groups excluding carboxylic acids is 1. The second kappa shape index (κ2) is 20.7. The highest BCUT2D eigenvalue weighted by Gasteiger charge is 2.10. The van der Waals surface area contributed by atoms with Crippen LogP contribution >= 0.6 is 0 Å². The molecule has 0 aromatic heterocycles. The van der Waals surface area contributed by atoms with Gasteiger partial charge in [0.05, 0.1) is 17.7 Å². The first kappa shape index (κ1) is 29.2. The molecule has 0 atom stereocenters. The van der Waals surface area contributed by atoms with E-state index in [0.29, 0.717) is 12.2 Å². The van der Waals surface area contributed by atoms with Gasteiger partial charge in [0.15, 0.2) is 0 Å². The maximum atomic E-state index is 12.0. The molecular weight excluding hydrogens is 412 g/mol. The minimum absolute atomic E-state index is 0.105. The Balaban J connectivity index is 1.81. The summed E-state index contributed by atoms with van der Waals surface area (Å²) in [6.45, 7) is 2.68. The third-order valence-electron chi connectivity index (χ3n) is 6.33. The number of unbranched alkanes of at least 4 members (excludes halogenated alkanes) is 18. The van der Waals surface area contributed by atoms with Gasteiger partial charge in [0, 0.05) is 0 Å². The number of carboxylic acids is 1. The molecule has 0 aliphatic heterocycles. The summed E-state index contributed by atoms with van der Waals surface area (Å²) in [6.07, 6.45) is 25.4. The lowest BCUT2D eigenvalue weighted by atomic mass is 10.0. The molecule has 4 nitrogen and oxygen atoms in total. The van der Waals surface area contributed by atoms with Crippen molar-refractivity contribution in [2.24, 2.45) is 0 Å². The van der Waals surface area contributed by atoms with Crippen LogP contribution in [0.3, 0.4) is 0 Å². The topological polar surface area (TPSA) is 63.6 Å². The van der Waals surface area contributed by atoms with E-state index in [9.17, 15) is 9.59 Å². The Morgan fingerprint density at radius 1 is 0.636 bits per heavy atom. The van der Waals surface area contributed by atoms with Gasteiger partial charge >= 0.3 is 11.9 Å². The molecule has 0 saturated heterocycles. The predicted molar refractivity (Wildman–Crippen MR) is 137 cm³/mol. The molecular formula is C29H48O4. The van der Waals surface area contributed by atoms with Crippen LogP contribution in [0.15, 0.2) is 24.3 Å². The van der Waals surface area contributed by atoms with Crippen molar-refractivity contribution in [3.8, 4) is 0 Å². The van der Waals surface area contributed by atoms with Crippen LogP contribution in [-0.2, 0) is 4.74 Å². The molecule has 1 aromatic carbocycles. The number of carboxylic acid groups (broad SMARTS) is 1. The quantitative estimate of drug-likeness (QED) is 0.138. The van der Waals surface area contributed by atoms with Crippen molar-refractivity contribution in [2.75, 3.05) is 6.61 Å². The van der Waals surface area contributed by atoms with Gasteiger partial charge in [0.1, 0.15) is 0 Å². The molecule has 1 N–H and O–H groups in total.